The lowest BCUT2D eigenvalue weighted by Gasteiger charge is -2.33. The number of fused-ring (bicyclic) bond motifs is 1. The smallest absolute Gasteiger partial charge is 0.255 e. The van der Waals surface area contributed by atoms with Crippen LogP contribution in [-0.4, -0.2) is 40.3 Å². The first-order valence-corrected chi connectivity index (χ1v) is 14.5. The molecule has 198 valence electrons. The highest BCUT2D eigenvalue weighted by Crippen LogP contribution is 2.41. The van der Waals surface area contributed by atoms with Crippen LogP contribution in [0.5, 0.6) is 0 Å². The highest BCUT2D eigenvalue weighted by Gasteiger charge is 2.40. The summed E-state index contributed by atoms with van der Waals surface area (Å²) in [7, 11) is 0. The Morgan fingerprint density at radius 1 is 1.06 bits per heavy atom. The van der Waals surface area contributed by atoms with Gasteiger partial charge < -0.3 is 4.90 Å². The van der Waals surface area contributed by atoms with Gasteiger partial charge in [0.05, 0.1) is 0 Å². The zero-order chi connectivity index (χ0) is 25.7. The first-order chi connectivity index (χ1) is 17.2. The lowest BCUT2D eigenvalue weighted by Crippen LogP contribution is -2.52. The van der Waals surface area contributed by atoms with Gasteiger partial charge in [0.15, 0.2) is 0 Å². The lowest BCUT2D eigenvalue weighted by atomic mass is 9.78. The molecule has 2 aliphatic heterocycles. The van der Waals surface area contributed by atoms with E-state index in [0.717, 1.165) is 67.6 Å². The summed E-state index contributed by atoms with van der Waals surface area (Å²) >= 11 is 1.76. The molecule has 0 bridgehead atoms. The fraction of sp³-hybridized carbons (Fsp3) is 0.679. The van der Waals surface area contributed by atoms with Crippen LogP contribution in [-0.2, 0) is 16.1 Å². The van der Waals surface area contributed by atoms with E-state index >= 15 is 0 Å². The van der Waals surface area contributed by atoms with Crippen LogP contribution >= 0.6 is 11.8 Å². The highest BCUT2D eigenvalue weighted by molar-refractivity contribution is 7.99. The summed E-state index contributed by atoms with van der Waals surface area (Å²) in [5.74, 6) is -1.96. The molecular weight excluding hydrogens is 482 g/mol. The van der Waals surface area contributed by atoms with Crippen LogP contribution < -0.4 is 5.32 Å². The Labute approximate surface area is 217 Å². The van der Waals surface area contributed by atoms with Gasteiger partial charge in [-0.1, -0.05) is 51.5 Å². The van der Waals surface area contributed by atoms with Gasteiger partial charge in [-0.15, -0.1) is 11.8 Å². The summed E-state index contributed by atoms with van der Waals surface area (Å²) in [4.78, 5) is 39.4. The zero-order valence-corrected chi connectivity index (χ0v) is 22.0. The molecule has 1 N–H and O–H groups in total. The number of unbranched alkanes of at least 4 members (excludes halogenated alkanes) is 5. The molecule has 0 radical (unpaired) electrons. The minimum absolute atomic E-state index is 0.0572. The van der Waals surface area contributed by atoms with Crippen molar-refractivity contribution in [1.82, 2.24) is 10.2 Å². The Bertz CT molecular complexity index is 970. The van der Waals surface area contributed by atoms with E-state index in [1.54, 1.807) is 16.7 Å². The molecule has 1 aromatic carbocycles. The number of thioether (sulfide) groups is 1. The molecule has 1 aliphatic carbocycles. The van der Waals surface area contributed by atoms with Crippen molar-refractivity contribution >= 4 is 29.5 Å². The Hall–Kier alpha value is -1.96. The number of piperidine rings is 1. The molecule has 5 nitrogen and oxygen atoms in total. The molecule has 2 heterocycles. The zero-order valence-electron chi connectivity index (χ0n) is 21.2. The molecule has 0 aromatic heterocycles. The van der Waals surface area contributed by atoms with Crippen LogP contribution in [0.2, 0.25) is 0 Å². The number of carbonyl (C=O) groups excluding carboxylic acids is 3. The van der Waals surface area contributed by atoms with Gasteiger partial charge in [-0.3, -0.25) is 19.7 Å². The van der Waals surface area contributed by atoms with Crippen molar-refractivity contribution in [3.05, 3.63) is 29.3 Å². The number of nitrogens with one attached hydrogen (secondary N) is 1. The van der Waals surface area contributed by atoms with Crippen molar-refractivity contribution in [3.63, 3.8) is 0 Å². The third kappa shape index (κ3) is 6.87. The second kappa shape index (κ2) is 12.1. The predicted octanol–water partition coefficient (Wildman–Crippen LogP) is 6.34. The number of hydrogen-bond donors (Lipinski definition) is 1. The summed E-state index contributed by atoms with van der Waals surface area (Å²) in [6.45, 7) is 2.36. The summed E-state index contributed by atoms with van der Waals surface area (Å²) in [5, 5.41) is 2.35. The predicted molar refractivity (Wildman–Crippen MR) is 137 cm³/mol. The van der Waals surface area contributed by atoms with Crippen molar-refractivity contribution in [1.29, 1.82) is 0 Å². The monoisotopic (exact) mass is 520 g/mol. The maximum atomic E-state index is 13.8. The molecule has 1 aromatic rings. The molecule has 2 fully saturated rings. The lowest BCUT2D eigenvalue weighted by molar-refractivity contribution is -0.136. The maximum absolute atomic E-state index is 13.8. The SMILES string of the molecule is CC1CC(CCCCCCCCSc2cccc3c2CN(C2CCC(=O)NC2=O)C3=O)CC(F)(F)C1. The van der Waals surface area contributed by atoms with Gasteiger partial charge in [-0.05, 0) is 54.5 Å². The summed E-state index contributed by atoms with van der Waals surface area (Å²) in [5.41, 5.74) is 1.65. The molecule has 3 atom stereocenters. The first-order valence-electron chi connectivity index (χ1n) is 13.5. The number of nitrogens with zero attached hydrogens (tertiary/aromatic N) is 1. The summed E-state index contributed by atoms with van der Waals surface area (Å²) in [6, 6.07) is 5.18. The molecule has 3 aliphatic rings. The molecule has 3 unspecified atom stereocenters. The van der Waals surface area contributed by atoms with E-state index < -0.39 is 12.0 Å². The minimum atomic E-state index is -2.46. The second-order valence-corrected chi connectivity index (χ2v) is 12.0. The van der Waals surface area contributed by atoms with Crippen molar-refractivity contribution in [2.24, 2.45) is 11.8 Å². The van der Waals surface area contributed by atoms with Crippen LogP contribution in [0.15, 0.2) is 23.1 Å². The molecule has 0 spiro atoms. The van der Waals surface area contributed by atoms with E-state index in [1.807, 2.05) is 25.1 Å². The van der Waals surface area contributed by atoms with Crippen LogP contribution in [0.4, 0.5) is 8.78 Å². The van der Waals surface area contributed by atoms with Gasteiger partial charge in [-0.2, -0.15) is 0 Å². The third-order valence-corrected chi connectivity index (χ3v) is 8.96. The minimum Gasteiger partial charge on any atom is -0.322 e. The second-order valence-electron chi connectivity index (χ2n) is 10.9. The molecular formula is C28H38F2N2O3S. The van der Waals surface area contributed by atoms with Gasteiger partial charge in [0.1, 0.15) is 6.04 Å². The quantitative estimate of drug-likeness (QED) is 0.210. The maximum Gasteiger partial charge on any atom is 0.255 e. The van der Waals surface area contributed by atoms with E-state index in [-0.39, 0.29) is 48.8 Å². The first kappa shape index (κ1) is 27.1. The normalized spacial score (nSPS) is 25.7. The molecule has 1 saturated heterocycles. The van der Waals surface area contributed by atoms with E-state index in [0.29, 0.717) is 18.5 Å². The van der Waals surface area contributed by atoms with Crippen LogP contribution in [0.1, 0.15) is 99.9 Å². The Kier molecular flexibility index (Phi) is 9.07. The van der Waals surface area contributed by atoms with Crippen molar-refractivity contribution in [2.75, 3.05) is 5.75 Å². The number of alkyl halides is 2. The summed E-state index contributed by atoms with van der Waals surface area (Å²) < 4.78 is 27.5. The topological polar surface area (TPSA) is 66.5 Å². The highest BCUT2D eigenvalue weighted by atomic mass is 32.2. The molecule has 1 saturated carbocycles. The van der Waals surface area contributed by atoms with Gasteiger partial charge >= 0.3 is 0 Å². The number of rotatable bonds is 11. The number of amides is 3. The Balaban J connectivity index is 1.13. The average molecular weight is 521 g/mol. The van der Waals surface area contributed by atoms with Gasteiger partial charge in [0.25, 0.3) is 5.91 Å². The van der Waals surface area contributed by atoms with Crippen LogP contribution in [0, 0.1) is 11.8 Å². The third-order valence-electron chi connectivity index (χ3n) is 7.77. The van der Waals surface area contributed by atoms with Crippen molar-refractivity contribution < 1.29 is 23.2 Å². The molecule has 8 heteroatoms. The standard InChI is InChI=1S/C28H38F2N2O3S/c1-19-15-20(17-28(29,30)16-19)9-6-4-2-3-5-7-14-36-24-11-8-10-21-22(24)18-32(27(21)35)23-12-13-25(33)31-26(23)34/h8,10-11,19-20,23H,2-7,9,12-18H2,1H3,(H,31,33,34). The van der Waals surface area contributed by atoms with Gasteiger partial charge in [0.2, 0.25) is 17.7 Å². The van der Waals surface area contributed by atoms with Crippen LogP contribution in [0.25, 0.3) is 0 Å². The Morgan fingerprint density at radius 3 is 2.56 bits per heavy atom. The number of benzene rings is 1. The largest absolute Gasteiger partial charge is 0.322 e. The Morgan fingerprint density at radius 2 is 1.81 bits per heavy atom. The molecule has 3 amide bonds. The molecule has 36 heavy (non-hydrogen) atoms. The van der Waals surface area contributed by atoms with Gasteiger partial charge in [-0.25, -0.2) is 8.78 Å². The fourth-order valence-corrected chi connectivity index (χ4v) is 7.18. The van der Waals surface area contributed by atoms with Crippen molar-refractivity contribution in [3.8, 4) is 0 Å². The molecule has 4 rings (SSSR count). The number of carbonyl (C=O) groups is 3. The average Bonchev–Trinajstić information content (AvgIpc) is 3.13. The number of hydrogen-bond acceptors (Lipinski definition) is 4. The fourth-order valence-electron chi connectivity index (χ4n) is 6.09. The van der Waals surface area contributed by atoms with Crippen molar-refractivity contribution in [2.45, 2.75) is 107 Å². The summed E-state index contributed by atoms with van der Waals surface area (Å²) in [6.07, 6.45) is 9.36. The van der Waals surface area contributed by atoms with Crippen LogP contribution in [0.3, 0.4) is 0 Å². The van der Waals surface area contributed by atoms with E-state index in [2.05, 4.69) is 5.32 Å². The number of imide groups is 1. The van der Waals surface area contributed by atoms with Gasteiger partial charge in [0, 0.05) is 36.3 Å². The van der Waals surface area contributed by atoms with E-state index in [1.165, 1.54) is 0 Å². The van der Waals surface area contributed by atoms with E-state index in [4.69, 9.17) is 0 Å². The number of halogens is 2. The van der Waals surface area contributed by atoms with E-state index in [9.17, 15) is 23.2 Å².